The lowest BCUT2D eigenvalue weighted by molar-refractivity contribution is 0.0952. The van der Waals surface area contributed by atoms with Gasteiger partial charge in [-0.15, -0.1) is 0 Å². The van der Waals surface area contributed by atoms with Crippen molar-refractivity contribution in [2.45, 2.75) is 26.2 Å². The predicted molar refractivity (Wildman–Crippen MR) is 79.8 cm³/mol. The van der Waals surface area contributed by atoms with Gasteiger partial charge in [0.15, 0.2) is 0 Å². The van der Waals surface area contributed by atoms with Crippen LogP contribution in [0.1, 0.15) is 35.3 Å². The van der Waals surface area contributed by atoms with Gasteiger partial charge < -0.3 is 10.4 Å². The summed E-state index contributed by atoms with van der Waals surface area (Å²) < 4.78 is 0. The summed E-state index contributed by atoms with van der Waals surface area (Å²) >= 11 is 0. The van der Waals surface area contributed by atoms with E-state index in [4.69, 9.17) is 5.11 Å². The molecule has 1 amide bonds. The van der Waals surface area contributed by atoms with E-state index in [1.165, 1.54) is 0 Å². The molecule has 0 spiro atoms. The van der Waals surface area contributed by atoms with Gasteiger partial charge in [0, 0.05) is 18.5 Å². The number of benzene rings is 1. The van der Waals surface area contributed by atoms with Gasteiger partial charge in [-0.25, -0.2) is 0 Å². The Labute approximate surface area is 118 Å². The Bertz CT molecular complexity index is 596. The standard InChI is InChI=1S/C16H20N2O2/c1-12-14(16(20)17-9-5-2-6-10-19)11-13-7-3-4-8-15(13)18-12/h3-4,7-8,11,19H,2,5-6,9-10H2,1H3,(H,17,20). The molecule has 0 saturated heterocycles. The SMILES string of the molecule is Cc1nc2ccccc2cc1C(=O)NCCCCCO. The van der Waals surface area contributed by atoms with Crippen molar-refractivity contribution in [3.05, 3.63) is 41.6 Å². The van der Waals surface area contributed by atoms with Crippen molar-refractivity contribution in [3.63, 3.8) is 0 Å². The highest BCUT2D eigenvalue weighted by Crippen LogP contribution is 2.16. The Kier molecular flexibility index (Phi) is 5.07. The largest absolute Gasteiger partial charge is 0.396 e. The molecule has 1 heterocycles. The monoisotopic (exact) mass is 272 g/mol. The van der Waals surface area contributed by atoms with Gasteiger partial charge in [-0.3, -0.25) is 9.78 Å². The maximum Gasteiger partial charge on any atom is 0.253 e. The number of carbonyl (C=O) groups excluding carboxylic acids is 1. The lowest BCUT2D eigenvalue weighted by atomic mass is 10.1. The van der Waals surface area contributed by atoms with Gasteiger partial charge in [0.05, 0.1) is 16.8 Å². The molecule has 1 aromatic carbocycles. The smallest absolute Gasteiger partial charge is 0.253 e. The number of nitrogens with zero attached hydrogens (tertiary/aromatic N) is 1. The Morgan fingerprint density at radius 2 is 2.05 bits per heavy atom. The van der Waals surface area contributed by atoms with Crippen molar-refractivity contribution in [1.82, 2.24) is 10.3 Å². The molecule has 0 radical (unpaired) electrons. The van der Waals surface area contributed by atoms with Crippen molar-refractivity contribution in [2.24, 2.45) is 0 Å². The number of para-hydroxylation sites is 1. The fourth-order valence-corrected chi connectivity index (χ4v) is 2.15. The highest BCUT2D eigenvalue weighted by atomic mass is 16.2. The molecule has 0 aliphatic rings. The molecule has 2 N–H and O–H groups in total. The molecule has 4 heteroatoms. The lowest BCUT2D eigenvalue weighted by Gasteiger charge is -2.08. The minimum atomic E-state index is -0.0789. The molecular weight excluding hydrogens is 252 g/mol. The summed E-state index contributed by atoms with van der Waals surface area (Å²) in [7, 11) is 0. The van der Waals surface area contributed by atoms with Crippen LogP contribution in [0.3, 0.4) is 0 Å². The second kappa shape index (κ2) is 7.01. The average Bonchev–Trinajstić information content (AvgIpc) is 2.46. The second-order valence-corrected chi connectivity index (χ2v) is 4.85. The number of pyridine rings is 1. The Morgan fingerprint density at radius 1 is 1.25 bits per heavy atom. The molecule has 20 heavy (non-hydrogen) atoms. The third-order valence-electron chi connectivity index (χ3n) is 3.28. The van der Waals surface area contributed by atoms with Crippen molar-refractivity contribution in [1.29, 1.82) is 0 Å². The van der Waals surface area contributed by atoms with E-state index in [2.05, 4.69) is 10.3 Å². The topological polar surface area (TPSA) is 62.2 Å². The molecule has 106 valence electrons. The number of fused-ring (bicyclic) bond motifs is 1. The molecule has 4 nitrogen and oxygen atoms in total. The van der Waals surface area contributed by atoms with E-state index in [0.717, 1.165) is 35.9 Å². The molecule has 2 rings (SSSR count). The number of aliphatic hydroxyl groups excluding tert-OH is 1. The first-order valence-electron chi connectivity index (χ1n) is 6.98. The quantitative estimate of drug-likeness (QED) is 0.794. The first kappa shape index (κ1) is 14.5. The highest BCUT2D eigenvalue weighted by molar-refractivity contribution is 5.98. The lowest BCUT2D eigenvalue weighted by Crippen LogP contribution is -2.25. The molecule has 0 atom stereocenters. The summed E-state index contributed by atoms with van der Waals surface area (Å²) in [6, 6.07) is 9.67. The molecule has 0 aliphatic heterocycles. The van der Waals surface area contributed by atoms with E-state index in [1.807, 2.05) is 37.3 Å². The number of nitrogens with one attached hydrogen (secondary N) is 1. The van der Waals surface area contributed by atoms with Crippen molar-refractivity contribution in [3.8, 4) is 0 Å². The van der Waals surface area contributed by atoms with Gasteiger partial charge in [0.1, 0.15) is 0 Å². The van der Waals surface area contributed by atoms with Crippen LogP contribution in [-0.4, -0.2) is 29.1 Å². The van der Waals surface area contributed by atoms with Gasteiger partial charge in [-0.1, -0.05) is 18.2 Å². The first-order chi connectivity index (χ1) is 9.72. The fraction of sp³-hybridized carbons (Fsp3) is 0.375. The van der Waals surface area contributed by atoms with Gasteiger partial charge in [0.25, 0.3) is 5.91 Å². The van der Waals surface area contributed by atoms with Crippen LogP contribution in [-0.2, 0) is 0 Å². The number of rotatable bonds is 6. The molecule has 0 aliphatic carbocycles. The molecule has 0 bridgehead atoms. The van der Waals surface area contributed by atoms with E-state index in [1.54, 1.807) is 0 Å². The average molecular weight is 272 g/mol. The molecule has 0 fully saturated rings. The van der Waals surface area contributed by atoms with Crippen LogP contribution in [0.4, 0.5) is 0 Å². The van der Waals surface area contributed by atoms with E-state index in [0.29, 0.717) is 12.1 Å². The second-order valence-electron chi connectivity index (χ2n) is 4.85. The predicted octanol–water partition coefficient (Wildman–Crippen LogP) is 2.44. The van der Waals surface area contributed by atoms with Crippen LogP contribution in [0, 0.1) is 6.92 Å². The summed E-state index contributed by atoms with van der Waals surface area (Å²) in [5.41, 5.74) is 2.28. The number of aliphatic hydroxyl groups is 1. The molecule has 2 aromatic rings. The van der Waals surface area contributed by atoms with E-state index in [9.17, 15) is 4.79 Å². The zero-order chi connectivity index (χ0) is 14.4. The van der Waals surface area contributed by atoms with Crippen LogP contribution in [0.15, 0.2) is 30.3 Å². The Hall–Kier alpha value is -1.94. The molecular formula is C16H20N2O2. The number of aromatic nitrogens is 1. The first-order valence-corrected chi connectivity index (χ1v) is 6.98. The molecule has 1 aromatic heterocycles. The summed E-state index contributed by atoms with van der Waals surface area (Å²) in [5.74, 6) is -0.0789. The summed E-state index contributed by atoms with van der Waals surface area (Å²) in [5, 5.41) is 12.6. The number of hydrogen-bond acceptors (Lipinski definition) is 3. The van der Waals surface area contributed by atoms with Crippen molar-refractivity contribution < 1.29 is 9.90 Å². The summed E-state index contributed by atoms with van der Waals surface area (Å²) in [6.07, 6.45) is 2.59. The normalized spacial score (nSPS) is 10.7. The maximum atomic E-state index is 12.1. The molecule has 0 saturated carbocycles. The van der Waals surface area contributed by atoms with Crippen LogP contribution in [0.25, 0.3) is 10.9 Å². The minimum Gasteiger partial charge on any atom is -0.396 e. The highest BCUT2D eigenvalue weighted by Gasteiger charge is 2.10. The zero-order valence-corrected chi connectivity index (χ0v) is 11.7. The van der Waals surface area contributed by atoms with Gasteiger partial charge in [-0.05, 0) is 38.3 Å². The van der Waals surface area contributed by atoms with Crippen LogP contribution >= 0.6 is 0 Å². The number of unbranched alkanes of at least 4 members (excludes halogenated alkanes) is 2. The van der Waals surface area contributed by atoms with E-state index < -0.39 is 0 Å². The third-order valence-corrected chi connectivity index (χ3v) is 3.28. The zero-order valence-electron chi connectivity index (χ0n) is 11.7. The van der Waals surface area contributed by atoms with Gasteiger partial charge in [-0.2, -0.15) is 0 Å². The number of hydrogen-bond donors (Lipinski definition) is 2. The van der Waals surface area contributed by atoms with E-state index >= 15 is 0 Å². The van der Waals surface area contributed by atoms with Gasteiger partial charge in [0.2, 0.25) is 0 Å². The Morgan fingerprint density at radius 3 is 2.85 bits per heavy atom. The van der Waals surface area contributed by atoms with Crippen LogP contribution < -0.4 is 5.32 Å². The van der Waals surface area contributed by atoms with Crippen LogP contribution in [0.5, 0.6) is 0 Å². The maximum absolute atomic E-state index is 12.1. The fourth-order valence-electron chi connectivity index (χ4n) is 2.15. The summed E-state index contributed by atoms with van der Waals surface area (Å²) in [4.78, 5) is 16.6. The van der Waals surface area contributed by atoms with Gasteiger partial charge >= 0.3 is 0 Å². The molecule has 0 unspecified atom stereocenters. The Balaban J connectivity index is 2.04. The number of amides is 1. The van der Waals surface area contributed by atoms with Crippen molar-refractivity contribution >= 4 is 16.8 Å². The number of aryl methyl sites for hydroxylation is 1. The number of carbonyl (C=O) groups is 1. The van der Waals surface area contributed by atoms with Crippen LogP contribution in [0.2, 0.25) is 0 Å². The van der Waals surface area contributed by atoms with E-state index in [-0.39, 0.29) is 12.5 Å². The third kappa shape index (κ3) is 3.54. The van der Waals surface area contributed by atoms with Crippen molar-refractivity contribution in [2.75, 3.05) is 13.2 Å². The summed E-state index contributed by atoms with van der Waals surface area (Å²) in [6.45, 7) is 2.69. The minimum absolute atomic E-state index is 0.0789.